The van der Waals surface area contributed by atoms with Crippen molar-refractivity contribution in [2.45, 2.75) is 20.8 Å². The Bertz CT molecular complexity index is 1430. The Morgan fingerprint density at radius 2 is 1.71 bits per heavy atom. The Kier molecular flexibility index (Phi) is 7.45. The third kappa shape index (κ3) is 5.27. The molecule has 35 heavy (non-hydrogen) atoms. The van der Waals surface area contributed by atoms with Gasteiger partial charge in [-0.3, -0.25) is 9.59 Å². The average Bonchev–Trinajstić information content (AvgIpc) is 3.23. The van der Waals surface area contributed by atoms with Crippen molar-refractivity contribution in [1.82, 2.24) is 15.0 Å². The first-order chi connectivity index (χ1) is 16.8. The third-order valence-electron chi connectivity index (χ3n) is 4.99. The van der Waals surface area contributed by atoms with E-state index in [0.29, 0.717) is 27.8 Å². The first-order valence-electron chi connectivity index (χ1n) is 10.8. The molecule has 5 N–H and O–H groups in total. The lowest BCUT2D eigenvalue weighted by Crippen LogP contribution is -2.16. The maximum absolute atomic E-state index is 13.2. The quantitative estimate of drug-likeness (QED) is 0.299. The van der Waals surface area contributed by atoms with Crippen LogP contribution >= 0.6 is 0 Å². The number of methoxy groups -OCH3 is 1. The van der Waals surface area contributed by atoms with Crippen LogP contribution in [0.5, 0.6) is 5.88 Å². The first kappa shape index (κ1) is 24.9. The van der Waals surface area contributed by atoms with E-state index in [2.05, 4.69) is 20.3 Å². The Hall–Kier alpha value is -4.73. The van der Waals surface area contributed by atoms with E-state index in [-0.39, 0.29) is 34.4 Å². The van der Waals surface area contributed by atoms with Crippen LogP contribution in [0.1, 0.15) is 52.0 Å². The van der Waals surface area contributed by atoms with Crippen molar-refractivity contribution in [3.05, 3.63) is 65.4 Å². The average molecular weight is 476 g/mol. The number of imidazole rings is 1. The number of nitrogens with two attached hydrogens (primary N) is 1. The number of carboxylic acids is 1. The molecule has 10 heteroatoms. The molecule has 0 bridgehead atoms. The molecule has 10 nitrogen and oxygen atoms in total. The number of H-pyrrole nitrogens is 1. The number of aromatic nitrogens is 3. The van der Waals surface area contributed by atoms with Gasteiger partial charge in [-0.25, -0.2) is 14.8 Å². The Labute approximate surface area is 201 Å². The number of pyridine rings is 1. The number of aromatic carboxylic acids is 1. The third-order valence-corrected chi connectivity index (χ3v) is 4.99. The standard InChI is InChI=1S/C23H19N5O5.C2H6/c1-11(29)16-9-12(22(31)32)3-5-14(16)15-6-8-19(33-2)28-20(15)21(30)25-13-4-7-17-18(10-13)27-23(24)26-17;1-2/h3-10H,1-2H3,(H,25,30)(H,31,32)(H3,24,26,27);1-2H3. The second-order valence-electron chi connectivity index (χ2n) is 7.18. The van der Waals surface area contributed by atoms with Crippen molar-refractivity contribution in [2.24, 2.45) is 0 Å². The summed E-state index contributed by atoms with van der Waals surface area (Å²) in [4.78, 5) is 48.2. The zero-order valence-electron chi connectivity index (χ0n) is 19.7. The van der Waals surface area contributed by atoms with E-state index in [1.165, 1.54) is 32.2 Å². The second kappa shape index (κ2) is 10.5. The summed E-state index contributed by atoms with van der Waals surface area (Å²) < 4.78 is 5.17. The number of aromatic amines is 1. The van der Waals surface area contributed by atoms with Crippen LogP contribution in [0.3, 0.4) is 0 Å². The molecule has 0 unspecified atom stereocenters. The number of ether oxygens (including phenoxy) is 1. The van der Waals surface area contributed by atoms with E-state index in [0.717, 1.165) is 0 Å². The van der Waals surface area contributed by atoms with Crippen molar-refractivity contribution in [3.8, 4) is 17.0 Å². The van der Waals surface area contributed by atoms with E-state index < -0.39 is 11.9 Å². The van der Waals surface area contributed by atoms with E-state index in [1.54, 1.807) is 30.3 Å². The minimum absolute atomic E-state index is 0.00384. The maximum Gasteiger partial charge on any atom is 0.335 e. The minimum Gasteiger partial charge on any atom is -0.481 e. The van der Waals surface area contributed by atoms with E-state index >= 15 is 0 Å². The highest BCUT2D eigenvalue weighted by atomic mass is 16.5. The zero-order valence-corrected chi connectivity index (χ0v) is 19.7. The summed E-state index contributed by atoms with van der Waals surface area (Å²) in [6.45, 7) is 5.33. The van der Waals surface area contributed by atoms with Crippen LogP contribution < -0.4 is 15.8 Å². The fourth-order valence-electron chi connectivity index (χ4n) is 3.45. The van der Waals surface area contributed by atoms with Gasteiger partial charge in [0, 0.05) is 22.9 Å². The highest BCUT2D eigenvalue weighted by molar-refractivity contribution is 6.10. The summed E-state index contributed by atoms with van der Waals surface area (Å²) in [5.41, 5.74) is 8.29. The number of benzene rings is 2. The van der Waals surface area contributed by atoms with Crippen molar-refractivity contribution in [2.75, 3.05) is 18.2 Å². The zero-order chi connectivity index (χ0) is 25.7. The Morgan fingerprint density at radius 3 is 2.37 bits per heavy atom. The molecular weight excluding hydrogens is 450 g/mol. The van der Waals surface area contributed by atoms with Crippen LogP contribution in [0.2, 0.25) is 0 Å². The van der Waals surface area contributed by atoms with E-state index in [9.17, 15) is 19.5 Å². The molecule has 0 saturated carbocycles. The van der Waals surface area contributed by atoms with Crippen LogP contribution in [-0.2, 0) is 0 Å². The molecule has 2 aromatic carbocycles. The number of rotatable bonds is 6. The number of carboxylic acid groups (broad SMARTS) is 1. The molecule has 0 aliphatic rings. The number of Topliss-reactive ketones (excluding diaryl/α,β-unsaturated/α-hetero) is 1. The lowest BCUT2D eigenvalue weighted by Gasteiger charge is -2.14. The summed E-state index contributed by atoms with van der Waals surface area (Å²) >= 11 is 0. The molecule has 2 heterocycles. The fraction of sp³-hybridized carbons (Fsp3) is 0.160. The number of amides is 1. The monoisotopic (exact) mass is 475 g/mol. The number of carbonyl (C=O) groups is 3. The van der Waals surface area contributed by atoms with Crippen LogP contribution in [0.15, 0.2) is 48.5 Å². The van der Waals surface area contributed by atoms with Gasteiger partial charge < -0.3 is 25.9 Å². The summed E-state index contributed by atoms with van der Waals surface area (Å²) in [7, 11) is 1.42. The predicted octanol–water partition coefficient (Wildman–Crippen LogP) is 4.40. The molecule has 0 aliphatic heterocycles. The normalized spacial score (nSPS) is 10.3. The lowest BCUT2D eigenvalue weighted by molar-refractivity contribution is 0.0696. The van der Waals surface area contributed by atoms with Gasteiger partial charge in [0.1, 0.15) is 5.69 Å². The maximum atomic E-state index is 13.2. The Balaban J connectivity index is 0.00000167. The highest BCUT2D eigenvalue weighted by Crippen LogP contribution is 2.30. The highest BCUT2D eigenvalue weighted by Gasteiger charge is 2.21. The molecule has 0 saturated heterocycles. The smallest absolute Gasteiger partial charge is 0.335 e. The summed E-state index contributed by atoms with van der Waals surface area (Å²) in [5.74, 6) is -1.60. The minimum atomic E-state index is -1.16. The second-order valence-corrected chi connectivity index (χ2v) is 7.18. The number of nitrogens with one attached hydrogen (secondary N) is 2. The number of hydrogen-bond acceptors (Lipinski definition) is 7. The van der Waals surface area contributed by atoms with Gasteiger partial charge in [-0.05, 0) is 48.9 Å². The molecule has 0 radical (unpaired) electrons. The van der Waals surface area contributed by atoms with Gasteiger partial charge in [0.15, 0.2) is 11.7 Å². The van der Waals surface area contributed by atoms with Gasteiger partial charge in [0.2, 0.25) is 5.88 Å². The number of nitrogen functional groups attached to an aromatic ring is 1. The van der Waals surface area contributed by atoms with Gasteiger partial charge in [0.05, 0.1) is 23.7 Å². The molecule has 4 aromatic rings. The number of carbonyl (C=O) groups excluding carboxylic acids is 2. The van der Waals surface area contributed by atoms with Crippen molar-refractivity contribution < 1.29 is 24.2 Å². The van der Waals surface area contributed by atoms with Gasteiger partial charge in [-0.1, -0.05) is 19.9 Å². The van der Waals surface area contributed by atoms with Crippen molar-refractivity contribution in [3.63, 3.8) is 0 Å². The molecule has 0 fully saturated rings. The number of nitrogens with zero attached hydrogens (tertiary/aromatic N) is 2. The first-order valence-corrected chi connectivity index (χ1v) is 10.8. The van der Waals surface area contributed by atoms with E-state index in [4.69, 9.17) is 10.5 Å². The molecule has 0 atom stereocenters. The van der Waals surface area contributed by atoms with Gasteiger partial charge >= 0.3 is 5.97 Å². The predicted molar refractivity (Wildman–Crippen MR) is 133 cm³/mol. The summed E-state index contributed by atoms with van der Waals surface area (Å²) in [6.07, 6.45) is 0. The summed E-state index contributed by atoms with van der Waals surface area (Å²) in [6, 6.07) is 12.3. The molecule has 0 aliphatic carbocycles. The SMILES string of the molecule is CC.COc1ccc(-c2ccc(C(=O)O)cc2C(C)=O)c(C(=O)Nc2ccc3nc(N)[nH]c3c2)n1. The molecule has 180 valence electrons. The molecule has 1 amide bonds. The van der Waals surface area contributed by atoms with Crippen molar-refractivity contribution in [1.29, 1.82) is 0 Å². The fourth-order valence-corrected chi connectivity index (χ4v) is 3.45. The topological polar surface area (TPSA) is 160 Å². The van der Waals surface area contributed by atoms with Gasteiger partial charge in [0.25, 0.3) is 5.91 Å². The molecule has 2 aromatic heterocycles. The number of anilines is 2. The van der Waals surface area contributed by atoms with Crippen LogP contribution in [0.25, 0.3) is 22.2 Å². The van der Waals surface area contributed by atoms with Gasteiger partial charge in [-0.2, -0.15) is 0 Å². The van der Waals surface area contributed by atoms with E-state index in [1.807, 2.05) is 13.8 Å². The number of ketones is 1. The number of hydrogen-bond donors (Lipinski definition) is 4. The van der Waals surface area contributed by atoms with Gasteiger partial charge in [-0.15, -0.1) is 0 Å². The lowest BCUT2D eigenvalue weighted by atomic mass is 9.94. The van der Waals surface area contributed by atoms with Crippen LogP contribution in [0.4, 0.5) is 11.6 Å². The largest absolute Gasteiger partial charge is 0.481 e. The van der Waals surface area contributed by atoms with Crippen molar-refractivity contribution >= 4 is 40.3 Å². The summed E-state index contributed by atoms with van der Waals surface area (Å²) in [5, 5.41) is 12.1. The van der Waals surface area contributed by atoms with Crippen LogP contribution in [-0.4, -0.2) is 44.8 Å². The molecule has 4 rings (SSSR count). The van der Waals surface area contributed by atoms with Crippen LogP contribution in [0, 0.1) is 0 Å². The molecule has 0 spiro atoms. The number of fused-ring (bicyclic) bond motifs is 1. The molecular formula is C25H25N5O5. The Morgan fingerprint density at radius 1 is 1.00 bits per heavy atom.